The summed E-state index contributed by atoms with van der Waals surface area (Å²) in [6, 6.07) is 15.6. The first kappa shape index (κ1) is 21.1. The van der Waals surface area contributed by atoms with E-state index in [9.17, 15) is 4.79 Å². The number of para-hydroxylation sites is 1. The van der Waals surface area contributed by atoms with E-state index in [-0.39, 0.29) is 11.9 Å². The average Bonchev–Trinajstić information content (AvgIpc) is 3.56. The van der Waals surface area contributed by atoms with Gasteiger partial charge in [0.15, 0.2) is 0 Å². The predicted molar refractivity (Wildman–Crippen MR) is 123 cm³/mol. The summed E-state index contributed by atoms with van der Waals surface area (Å²) in [7, 11) is 1.65. The molecule has 1 N–H and O–H groups in total. The second kappa shape index (κ2) is 9.79. The number of nitrogens with zero attached hydrogens (tertiary/aromatic N) is 1. The first-order valence-corrected chi connectivity index (χ1v) is 11.3. The summed E-state index contributed by atoms with van der Waals surface area (Å²) in [4.78, 5) is 17.1. The van der Waals surface area contributed by atoms with Crippen molar-refractivity contribution in [2.24, 2.45) is 5.92 Å². The van der Waals surface area contributed by atoms with Crippen molar-refractivity contribution in [1.29, 1.82) is 0 Å². The Morgan fingerprint density at radius 1 is 1.23 bits per heavy atom. The molecule has 1 fully saturated rings. The van der Waals surface area contributed by atoms with Crippen molar-refractivity contribution in [3.8, 4) is 11.5 Å². The summed E-state index contributed by atoms with van der Waals surface area (Å²) in [5, 5.41) is 6.18. The molecular weight excluding hydrogens is 408 g/mol. The third kappa shape index (κ3) is 5.73. The molecular formula is C25H26N2O3S. The zero-order valence-electron chi connectivity index (χ0n) is 17.7. The van der Waals surface area contributed by atoms with Crippen LogP contribution in [0.3, 0.4) is 0 Å². The fraction of sp³-hybridized carbons (Fsp3) is 0.280. The number of thiazole rings is 1. The molecule has 0 spiro atoms. The lowest BCUT2D eigenvalue weighted by Gasteiger charge is -2.18. The number of aryl methyl sites for hydroxylation is 1. The molecule has 0 radical (unpaired) electrons. The van der Waals surface area contributed by atoms with E-state index in [1.165, 1.54) is 0 Å². The zero-order valence-corrected chi connectivity index (χ0v) is 18.5. The van der Waals surface area contributed by atoms with Crippen LogP contribution in [0.15, 0.2) is 60.0 Å². The number of methoxy groups -OCH3 is 1. The van der Waals surface area contributed by atoms with Gasteiger partial charge in [0, 0.05) is 17.0 Å². The summed E-state index contributed by atoms with van der Waals surface area (Å²) < 4.78 is 11.2. The van der Waals surface area contributed by atoms with Gasteiger partial charge in [0.1, 0.15) is 18.1 Å². The summed E-state index contributed by atoms with van der Waals surface area (Å²) in [6.45, 7) is 2.38. The van der Waals surface area contributed by atoms with Crippen LogP contribution in [-0.4, -0.2) is 18.0 Å². The third-order valence-electron chi connectivity index (χ3n) is 5.24. The number of amides is 1. The molecule has 0 aliphatic heterocycles. The Hall–Kier alpha value is -3.12. The summed E-state index contributed by atoms with van der Waals surface area (Å²) in [5.74, 6) is 1.92. The monoisotopic (exact) mass is 434 g/mol. The van der Waals surface area contributed by atoms with Gasteiger partial charge >= 0.3 is 0 Å². The van der Waals surface area contributed by atoms with Crippen molar-refractivity contribution in [3.63, 3.8) is 0 Å². The van der Waals surface area contributed by atoms with E-state index in [0.29, 0.717) is 12.5 Å². The maximum Gasteiger partial charge on any atom is 0.244 e. The quantitative estimate of drug-likeness (QED) is 0.463. The molecule has 160 valence electrons. The molecule has 2 aromatic carbocycles. The van der Waals surface area contributed by atoms with Crippen LogP contribution in [0.1, 0.15) is 40.7 Å². The second-order valence-electron chi connectivity index (χ2n) is 7.61. The zero-order chi connectivity index (χ0) is 21.6. The van der Waals surface area contributed by atoms with Crippen LogP contribution in [0.5, 0.6) is 11.5 Å². The van der Waals surface area contributed by atoms with Crippen molar-refractivity contribution in [3.05, 3.63) is 81.8 Å². The number of benzene rings is 2. The lowest BCUT2D eigenvalue weighted by atomic mass is 10.0. The number of rotatable bonds is 9. The maximum absolute atomic E-state index is 12.7. The molecule has 0 bridgehead atoms. The molecule has 1 unspecified atom stereocenters. The summed E-state index contributed by atoms with van der Waals surface area (Å²) in [6.07, 6.45) is 5.64. The molecule has 31 heavy (non-hydrogen) atoms. The van der Waals surface area contributed by atoms with Gasteiger partial charge in [-0.2, -0.15) is 0 Å². The van der Waals surface area contributed by atoms with E-state index < -0.39 is 0 Å². The molecule has 1 saturated carbocycles. The minimum atomic E-state index is -0.113. The van der Waals surface area contributed by atoms with Gasteiger partial charge < -0.3 is 14.8 Å². The molecule has 1 aromatic heterocycles. The maximum atomic E-state index is 12.7. The van der Waals surface area contributed by atoms with E-state index in [0.717, 1.165) is 46.2 Å². The fourth-order valence-electron chi connectivity index (χ4n) is 3.46. The molecule has 5 nitrogen and oxygen atoms in total. The average molecular weight is 435 g/mol. The molecule has 4 rings (SSSR count). The number of nitrogens with one attached hydrogen (secondary N) is 1. The highest BCUT2D eigenvalue weighted by atomic mass is 32.1. The van der Waals surface area contributed by atoms with Crippen LogP contribution in [0.25, 0.3) is 6.08 Å². The van der Waals surface area contributed by atoms with E-state index >= 15 is 0 Å². The smallest absolute Gasteiger partial charge is 0.244 e. The number of ether oxygens (including phenoxy) is 2. The Bertz CT molecular complexity index is 1050. The molecule has 1 amide bonds. The summed E-state index contributed by atoms with van der Waals surface area (Å²) >= 11 is 1.61. The lowest BCUT2D eigenvalue weighted by molar-refractivity contribution is -0.117. The third-order valence-corrected chi connectivity index (χ3v) is 6.06. The number of hydrogen-bond acceptors (Lipinski definition) is 5. The Morgan fingerprint density at radius 2 is 2.00 bits per heavy atom. The topological polar surface area (TPSA) is 60.5 Å². The minimum absolute atomic E-state index is 0.0162. The van der Waals surface area contributed by atoms with Crippen LogP contribution < -0.4 is 14.8 Å². The van der Waals surface area contributed by atoms with Crippen LogP contribution >= 0.6 is 11.3 Å². The van der Waals surface area contributed by atoms with Gasteiger partial charge in [-0.15, -0.1) is 11.3 Å². The predicted octanol–water partition coefficient (Wildman–Crippen LogP) is 5.32. The van der Waals surface area contributed by atoms with Crippen molar-refractivity contribution >= 4 is 23.3 Å². The highest BCUT2D eigenvalue weighted by molar-refractivity contribution is 7.09. The van der Waals surface area contributed by atoms with Crippen LogP contribution in [-0.2, 0) is 11.4 Å². The normalized spacial score (nSPS) is 14.4. The van der Waals surface area contributed by atoms with E-state index in [1.54, 1.807) is 30.6 Å². The van der Waals surface area contributed by atoms with Crippen molar-refractivity contribution in [2.45, 2.75) is 32.4 Å². The van der Waals surface area contributed by atoms with Crippen LogP contribution in [0, 0.1) is 12.8 Å². The largest absolute Gasteiger partial charge is 0.497 e. The molecule has 1 aliphatic carbocycles. The van der Waals surface area contributed by atoms with Gasteiger partial charge in [0.2, 0.25) is 5.91 Å². The number of aromatic nitrogens is 1. The molecule has 1 aliphatic rings. The Morgan fingerprint density at radius 3 is 2.68 bits per heavy atom. The van der Waals surface area contributed by atoms with Gasteiger partial charge in [0.05, 0.1) is 23.9 Å². The van der Waals surface area contributed by atoms with Crippen molar-refractivity contribution < 1.29 is 14.3 Å². The second-order valence-corrected chi connectivity index (χ2v) is 8.68. The van der Waals surface area contributed by atoms with Gasteiger partial charge in [-0.3, -0.25) is 4.79 Å². The van der Waals surface area contributed by atoms with Crippen LogP contribution in [0.4, 0.5) is 0 Å². The van der Waals surface area contributed by atoms with Gasteiger partial charge in [-0.1, -0.05) is 30.3 Å². The Balaban J connectivity index is 1.41. The fourth-order valence-corrected chi connectivity index (χ4v) is 4.05. The highest BCUT2D eigenvalue weighted by Crippen LogP contribution is 2.41. The SMILES string of the molecule is COc1ccc(C(NC(=O)/C=C/c2ccccc2OCc2csc(C)n2)C2CC2)cc1. The molecule has 6 heteroatoms. The first-order valence-electron chi connectivity index (χ1n) is 10.4. The van der Waals surface area contributed by atoms with E-state index in [1.807, 2.05) is 60.8 Å². The molecule has 3 aromatic rings. The Labute approximate surface area is 186 Å². The van der Waals surface area contributed by atoms with Gasteiger partial charge in [0.25, 0.3) is 0 Å². The standard InChI is InChI=1S/C25H26N2O3S/c1-17-26-21(16-31-17)15-30-23-6-4-3-5-18(23)11-14-24(28)27-25(19-7-8-19)20-9-12-22(29-2)13-10-20/h3-6,9-14,16,19,25H,7-8,15H2,1-2H3,(H,27,28)/b14-11+. The van der Waals surface area contributed by atoms with E-state index in [4.69, 9.17) is 9.47 Å². The van der Waals surface area contributed by atoms with Crippen molar-refractivity contribution in [1.82, 2.24) is 10.3 Å². The van der Waals surface area contributed by atoms with Crippen molar-refractivity contribution in [2.75, 3.05) is 7.11 Å². The lowest BCUT2D eigenvalue weighted by Crippen LogP contribution is -2.28. The minimum Gasteiger partial charge on any atom is -0.497 e. The first-order chi connectivity index (χ1) is 15.1. The molecule has 1 atom stereocenters. The number of hydrogen-bond donors (Lipinski definition) is 1. The van der Waals surface area contributed by atoms with E-state index in [2.05, 4.69) is 10.3 Å². The van der Waals surface area contributed by atoms with Gasteiger partial charge in [-0.25, -0.2) is 4.98 Å². The Kier molecular flexibility index (Phi) is 6.67. The van der Waals surface area contributed by atoms with Crippen LogP contribution in [0.2, 0.25) is 0 Å². The number of carbonyl (C=O) groups excluding carboxylic acids is 1. The highest BCUT2D eigenvalue weighted by Gasteiger charge is 2.33. The molecule has 0 saturated heterocycles. The van der Waals surface area contributed by atoms with Gasteiger partial charge in [-0.05, 0) is 55.5 Å². The summed E-state index contributed by atoms with van der Waals surface area (Å²) in [5.41, 5.74) is 2.87. The number of carbonyl (C=O) groups is 1. The molecule has 1 heterocycles.